The molecule has 0 radical (unpaired) electrons. The molecule has 2 nitrogen and oxygen atoms in total. The van der Waals surface area contributed by atoms with Crippen molar-refractivity contribution in [1.82, 2.24) is 0 Å². The zero-order valence-corrected chi connectivity index (χ0v) is 11.2. The Kier molecular flexibility index (Phi) is 3.97. The lowest BCUT2D eigenvalue weighted by Crippen LogP contribution is -2.26. The third-order valence-corrected chi connectivity index (χ3v) is 3.26. The highest BCUT2D eigenvalue weighted by Crippen LogP contribution is 2.30. The van der Waals surface area contributed by atoms with E-state index in [-0.39, 0.29) is 15.9 Å². The molecule has 1 rings (SSSR count). The van der Waals surface area contributed by atoms with Gasteiger partial charge in [0.1, 0.15) is 5.82 Å². The molecule has 88 valence electrons. The number of carboxylic acids is 1. The normalized spacial score (nSPS) is 11.6. The molecule has 0 saturated carbocycles. The second kappa shape index (κ2) is 4.72. The molecule has 0 atom stereocenters. The van der Waals surface area contributed by atoms with Crippen molar-refractivity contribution in [3.63, 3.8) is 0 Å². The van der Waals surface area contributed by atoms with Crippen LogP contribution in [0, 0.1) is 11.2 Å². The van der Waals surface area contributed by atoms with E-state index < -0.39 is 17.2 Å². The van der Waals surface area contributed by atoms with Crippen LogP contribution in [-0.2, 0) is 11.2 Å². The lowest BCUT2D eigenvalue weighted by Gasteiger charge is -2.19. The van der Waals surface area contributed by atoms with Crippen LogP contribution in [0.4, 0.5) is 4.39 Å². The van der Waals surface area contributed by atoms with Crippen molar-refractivity contribution in [3.8, 4) is 0 Å². The Morgan fingerprint density at radius 1 is 1.56 bits per heavy atom. The molecule has 16 heavy (non-hydrogen) atoms. The zero-order valence-electron chi connectivity index (χ0n) is 8.85. The van der Waals surface area contributed by atoms with Gasteiger partial charge in [-0.05, 0) is 53.9 Å². The largest absolute Gasteiger partial charge is 0.481 e. The minimum absolute atomic E-state index is 0.245. The summed E-state index contributed by atoms with van der Waals surface area (Å²) in [6.07, 6.45) is 0.250. The third kappa shape index (κ3) is 2.95. The van der Waals surface area contributed by atoms with Crippen molar-refractivity contribution < 1.29 is 14.3 Å². The van der Waals surface area contributed by atoms with E-state index in [2.05, 4.69) is 15.9 Å². The number of halogens is 3. The lowest BCUT2D eigenvalue weighted by atomic mass is 9.86. The Hall–Kier alpha value is -0.610. The molecule has 0 aromatic heterocycles. The van der Waals surface area contributed by atoms with E-state index in [0.717, 1.165) is 0 Å². The van der Waals surface area contributed by atoms with Crippen LogP contribution in [0.15, 0.2) is 16.6 Å². The molecular weight excluding hydrogens is 298 g/mol. The Labute approximate surface area is 107 Å². The molecule has 0 spiro atoms. The van der Waals surface area contributed by atoms with Crippen LogP contribution in [0.3, 0.4) is 0 Å². The molecule has 0 heterocycles. The Morgan fingerprint density at radius 2 is 2.12 bits per heavy atom. The zero-order chi connectivity index (χ0) is 12.5. The van der Waals surface area contributed by atoms with Crippen LogP contribution in [-0.4, -0.2) is 11.1 Å². The highest BCUT2D eigenvalue weighted by molar-refractivity contribution is 9.10. The first kappa shape index (κ1) is 13.5. The molecule has 1 N–H and O–H groups in total. The van der Waals surface area contributed by atoms with E-state index in [1.807, 2.05) is 0 Å². The van der Waals surface area contributed by atoms with Crippen LogP contribution < -0.4 is 0 Å². The van der Waals surface area contributed by atoms with E-state index in [0.29, 0.717) is 5.56 Å². The predicted molar refractivity (Wildman–Crippen MR) is 64.2 cm³/mol. The topological polar surface area (TPSA) is 37.3 Å². The molecule has 0 saturated heterocycles. The van der Waals surface area contributed by atoms with E-state index >= 15 is 0 Å². The first-order valence-electron chi connectivity index (χ1n) is 4.61. The fraction of sp³-hybridized carbons (Fsp3) is 0.364. The molecular formula is C11H11BrClFO2. The van der Waals surface area contributed by atoms with Gasteiger partial charge in [0.25, 0.3) is 0 Å². The second-order valence-corrected chi connectivity index (χ2v) is 5.49. The SMILES string of the molecule is CC(C)(Cc1cc(Br)c(F)cc1Cl)C(=O)O. The van der Waals surface area contributed by atoms with Crippen LogP contribution >= 0.6 is 27.5 Å². The van der Waals surface area contributed by atoms with Gasteiger partial charge in [-0.3, -0.25) is 4.79 Å². The molecule has 0 amide bonds. The van der Waals surface area contributed by atoms with Gasteiger partial charge in [0, 0.05) is 5.02 Å². The third-order valence-electron chi connectivity index (χ3n) is 2.30. The number of aliphatic carboxylic acids is 1. The van der Waals surface area contributed by atoms with Gasteiger partial charge in [-0.1, -0.05) is 11.6 Å². The summed E-state index contributed by atoms with van der Waals surface area (Å²) in [6, 6.07) is 2.70. The van der Waals surface area contributed by atoms with Gasteiger partial charge in [-0.2, -0.15) is 0 Å². The monoisotopic (exact) mass is 308 g/mol. The van der Waals surface area contributed by atoms with Crippen molar-refractivity contribution >= 4 is 33.5 Å². The molecule has 0 aliphatic carbocycles. The van der Waals surface area contributed by atoms with Crippen molar-refractivity contribution in [3.05, 3.63) is 33.0 Å². The average Bonchev–Trinajstić information content (AvgIpc) is 2.13. The van der Waals surface area contributed by atoms with Crippen LogP contribution in [0.1, 0.15) is 19.4 Å². The molecule has 0 aliphatic rings. The van der Waals surface area contributed by atoms with Crippen molar-refractivity contribution in [1.29, 1.82) is 0 Å². The number of benzene rings is 1. The molecule has 5 heteroatoms. The highest BCUT2D eigenvalue weighted by atomic mass is 79.9. The van der Waals surface area contributed by atoms with Gasteiger partial charge < -0.3 is 5.11 Å². The number of carbonyl (C=O) groups is 1. The number of carboxylic acid groups (broad SMARTS) is 1. The van der Waals surface area contributed by atoms with Gasteiger partial charge in [0.05, 0.1) is 9.89 Å². The summed E-state index contributed by atoms with van der Waals surface area (Å²) in [5.74, 6) is -1.37. The van der Waals surface area contributed by atoms with Crippen molar-refractivity contribution in [2.75, 3.05) is 0 Å². The van der Waals surface area contributed by atoms with Crippen molar-refractivity contribution in [2.24, 2.45) is 5.41 Å². The summed E-state index contributed by atoms with van der Waals surface area (Å²) >= 11 is 8.90. The Bertz CT molecular complexity index is 432. The van der Waals surface area contributed by atoms with Gasteiger partial charge >= 0.3 is 5.97 Å². The minimum Gasteiger partial charge on any atom is -0.481 e. The van der Waals surface area contributed by atoms with Crippen LogP contribution in [0.2, 0.25) is 5.02 Å². The Balaban J connectivity index is 3.07. The highest BCUT2D eigenvalue weighted by Gasteiger charge is 2.28. The second-order valence-electron chi connectivity index (χ2n) is 4.22. The number of hydrogen-bond donors (Lipinski definition) is 1. The lowest BCUT2D eigenvalue weighted by molar-refractivity contribution is -0.146. The van der Waals surface area contributed by atoms with Gasteiger partial charge in [-0.15, -0.1) is 0 Å². The van der Waals surface area contributed by atoms with Crippen molar-refractivity contribution in [2.45, 2.75) is 20.3 Å². The number of hydrogen-bond acceptors (Lipinski definition) is 1. The first-order chi connectivity index (χ1) is 7.24. The molecule has 0 unspecified atom stereocenters. The minimum atomic E-state index is -0.930. The standard InChI is InChI=1S/C11H11BrClFO2/c1-11(2,10(15)16)5-6-3-7(12)9(14)4-8(6)13/h3-4H,5H2,1-2H3,(H,15,16). The van der Waals surface area contributed by atoms with E-state index in [1.54, 1.807) is 13.8 Å². The predicted octanol–water partition coefficient (Wildman–Crippen LogP) is 3.89. The van der Waals surface area contributed by atoms with Gasteiger partial charge in [-0.25, -0.2) is 4.39 Å². The fourth-order valence-corrected chi connectivity index (χ4v) is 1.86. The smallest absolute Gasteiger partial charge is 0.309 e. The maximum absolute atomic E-state index is 13.1. The summed E-state index contributed by atoms with van der Waals surface area (Å²) < 4.78 is 13.4. The summed E-state index contributed by atoms with van der Waals surface area (Å²) in [7, 11) is 0. The van der Waals surface area contributed by atoms with E-state index in [1.165, 1.54) is 12.1 Å². The average molecular weight is 310 g/mol. The summed E-state index contributed by atoms with van der Waals surface area (Å²) in [6.45, 7) is 3.20. The summed E-state index contributed by atoms with van der Waals surface area (Å²) in [5, 5.41) is 9.23. The van der Waals surface area contributed by atoms with Crippen LogP contribution in [0.25, 0.3) is 0 Å². The molecule has 0 bridgehead atoms. The maximum atomic E-state index is 13.1. The quantitative estimate of drug-likeness (QED) is 0.860. The fourth-order valence-electron chi connectivity index (χ4n) is 1.25. The first-order valence-corrected chi connectivity index (χ1v) is 5.78. The van der Waals surface area contributed by atoms with Gasteiger partial charge in [0.15, 0.2) is 0 Å². The molecule has 0 fully saturated rings. The molecule has 0 aliphatic heterocycles. The molecule has 1 aromatic carbocycles. The Morgan fingerprint density at radius 3 is 2.62 bits per heavy atom. The summed E-state index contributed by atoms with van der Waals surface area (Å²) in [4.78, 5) is 11.0. The van der Waals surface area contributed by atoms with Gasteiger partial charge in [0.2, 0.25) is 0 Å². The maximum Gasteiger partial charge on any atom is 0.309 e. The number of rotatable bonds is 3. The van der Waals surface area contributed by atoms with E-state index in [4.69, 9.17) is 16.7 Å². The summed E-state index contributed by atoms with van der Waals surface area (Å²) in [5.41, 5.74) is -0.316. The van der Waals surface area contributed by atoms with Crippen LogP contribution in [0.5, 0.6) is 0 Å². The molecule has 1 aromatic rings. The van der Waals surface area contributed by atoms with E-state index in [9.17, 15) is 9.18 Å².